The summed E-state index contributed by atoms with van der Waals surface area (Å²) in [5.41, 5.74) is 6.81. The molecule has 0 saturated carbocycles. The minimum atomic E-state index is -0.833. The number of nitrogens with two attached hydrogens (primary N) is 1. The quantitative estimate of drug-likeness (QED) is 0.746. The SMILES string of the molecule is CC(=O)O.NCCCCc1ccccc1. The average molecular weight is 209 g/mol. The molecule has 0 aliphatic rings. The molecule has 0 bridgehead atoms. The average Bonchev–Trinajstić information content (AvgIpc) is 2.19. The molecule has 0 aliphatic heterocycles. The summed E-state index contributed by atoms with van der Waals surface area (Å²) >= 11 is 0. The highest BCUT2D eigenvalue weighted by Crippen LogP contribution is 2.03. The maximum atomic E-state index is 9.00. The fourth-order valence-electron chi connectivity index (χ4n) is 1.12. The Morgan fingerprint density at radius 3 is 2.27 bits per heavy atom. The summed E-state index contributed by atoms with van der Waals surface area (Å²) in [6, 6.07) is 10.5. The molecule has 0 amide bonds. The number of rotatable bonds is 4. The maximum absolute atomic E-state index is 9.00. The van der Waals surface area contributed by atoms with E-state index in [9.17, 15) is 0 Å². The van der Waals surface area contributed by atoms with Crippen LogP contribution < -0.4 is 5.73 Å². The van der Waals surface area contributed by atoms with E-state index in [2.05, 4.69) is 24.3 Å². The van der Waals surface area contributed by atoms with Crippen LogP contribution in [0.25, 0.3) is 0 Å². The second kappa shape index (κ2) is 9.21. The number of aryl methyl sites for hydroxylation is 1. The number of benzene rings is 1. The monoisotopic (exact) mass is 209 g/mol. The van der Waals surface area contributed by atoms with E-state index in [0.717, 1.165) is 26.3 Å². The molecule has 0 atom stereocenters. The van der Waals surface area contributed by atoms with E-state index >= 15 is 0 Å². The Bertz CT molecular complexity index is 256. The predicted octanol–water partition coefficient (Wildman–Crippen LogP) is 2.06. The Labute approximate surface area is 90.9 Å². The first-order valence-electron chi connectivity index (χ1n) is 5.10. The van der Waals surface area contributed by atoms with E-state index in [1.165, 1.54) is 12.0 Å². The summed E-state index contributed by atoms with van der Waals surface area (Å²) < 4.78 is 0. The van der Waals surface area contributed by atoms with Crippen molar-refractivity contribution in [3.8, 4) is 0 Å². The van der Waals surface area contributed by atoms with Crippen molar-refractivity contribution >= 4 is 5.97 Å². The zero-order chi connectivity index (χ0) is 11.5. The third-order valence-electron chi connectivity index (χ3n) is 1.76. The molecule has 0 heterocycles. The highest BCUT2D eigenvalue weighted by atomic mass is 16.4. The van der Waals surface area contributed by atoms with Crippen LogP contribution in [0.5, 0.6) is 0 Å². The van der Waals surface area contributed by atoms with Crippen molar-refractivity contribution in [2.24, 2.45) is 5.73 Å². The molecule has 84 valence electrons. The molecule has 0 aromatic heterocycles. The van der Waals surface area contributed by atoms with E-state index in [-0.39, 0.29) is 0 Å². The number of unbranched alkanes of at least 4 members (excludes halogenated alkanes) is 1. The second-order valence-corrected chi connectivity index (χ2v) is 3.25. The zero-order valence-electron chi connectivity index (χ0n) is 9.15. The van der Waals surface area contributed by atoms with Gasteiger partial charge in [-0.2, -0.15) is 0 Å². The number of aliphatic carboxylic acids is 1. The van der Waals surface area contributed by atoms with Gasteiger partial charge in [0.05, 0.1) is 0 Å². The number of carbonyl (C=O) groups is 1. The van der Waals surface area contributed by atoms with Crippen molar-refractivity contribution in [2.45, 2.75) is 26.2 Å². The molecule has 0 unspecified atom stereocenters. The van der Waals surface area contributed by atoms with E-state index < -0.39 is 5.97 Å². The van der Waals surface area contributed by atoms with Gasteiger partial charge < -0.3 is 10.8 Å². The van der Waals surface area contributed by atoms with Crippen LogP contribution in [0, 0.1) is 0 Å². The van der Waals surface area contributed by atoms with Crippen LogP contribution in [0.2, 0.25) is 0 Å². The largest absolute Gasteiger partial charge is 0.481 e. The molecule has 15 heavy (non-hydrogen) atoms. The lowest BCUT2D eigenvalue weighted by atomic mass is 10.1. The van der Waals surface area contributed by atoms with Gasteiger partial charge in [0.15, 0.2) is 0 Å². The normalized spacial score (nSPS) is 8.93. The lowest BCUT2D eigenvalue weighted by Crippen LogP contribution is -1.98. The number of hydrogen-bond donors (Lipinski definition) is 2. The van der Waals surface area contributed by atoms with E-state index in [0.29, 0.717) is 0 Å². The first-order chi connectivity index (χ1) is 7.16. The van der Waals surface area contributed by atoms with Crippen molar-refractivity contribution in [1.82, 2.24) is 0 Å². The van der Waals surface area contributed by atoms with Gasteiger partial charge in [0.25, 0.3) is 5.97 Å². The number of carboxylic acids is 1. The minimum Gasteiger partial charge on any atom is -0.481 e. The Balaban J connectivity index is 0.000000423. The first-order valence-corrected chi connectivity index (χ1v) is 5.10. The lowest BCUT2D eigenvalue weighted by molar-refractivity contribution is -0.134. The van der Waals surface area contributed by atoms with Gasteiger partial charge in [-0.05, 0) is 31.4 Å². The van der Waals surface area contributed by atoms with Crippen LogP contribution in [0.1, 0.15) is 25.3 Å². The zero-order valence-corrected chi connectivity index (χ0v) is 9.15. The highest BCUT2D eigenvalue weighted by molar-refractivity contribution is 5.62. The Kier molecular flexibility index (Phi) is 8.39. The minimum absolute atomic E-state index is 0.812. The Morgan fingerprint density at radius 2 is 1.80 bits per heavy atom. The molecule has 0 saturated heterocycles. The molecule has 3 N–H and O–H groups in total. The summed E-state index contributed by atoms with van der Waals surface area (Å²) in [6.45, 7) is 1.90. The highest BCUT2D eigenvalue weighted by Gasteiger charge is 1.89. The molecule has 1 aromatic rings. The van der Waals surface area contributed by atoms with Crippen molar-refractivity contribution in [3.05, 3.63) is 35.9 Å². The standard InChI is InChI=1S/C10H15N.C2H4O2/c11-9-5-4-8-10-6-2-1-3-7-10;1-2(3)4/h1-3,6-7H,4-5,8-9,11H2;1H3,(H,3,4). The van der Waals surface area contributed by atoms with Gasteiger partial charge in [0.1, 0.15) is 0 Å². The van der Waals surface area contributed by atoms with Crippen LogP contribution in [0.4, 0.5) is 0 Å². The number of carboxylic acid groups (broad SMARTS) is 1. The molecule has 0 spiro atoms. The van der Waals surface area contributed by atoms with Crippen LogP contribution in [0.15, 0.2) is 30.3 Å². The molecular formula is C12H19NO2. The molecule has 0 fully saturated rings. The second-order valence-electron chi connectivity index (χ2n) is 3.25. The van der Waals surface area contributed by atoms with Crippen LogP contribution >= 0.6 is 0 Å². The third-order valence-corrected chi connectivity index (χ3v) is 1.76. The van der Waals surface area contributed by atoms with Gasteiger partial charge in [-0.25, -0.2) is 0 Å². The van der Waals surface area contributed by atoms with Gasteiger partial charge >= 0.3 is 0 Å². The van der Waals surface area contributed by atoms with Crippen molar-refractivity contribution in [2.75, 3.05) is 6.54 Å². The summed E-state index contributed by atoms with van der Waals surface area (Å²) in [5.74, 6) is -0.833. The van der Waals surface area contributed by atoms with E-state index in [1.807, 2.05) is 6.07 Å². The molecule has 0 radical (unpaired) electrons. The van der Waals surface area contributed by atoms with Crippen LogP contribution in [-0.2, 0) is 11.2 Å². The number of hydrogen-bond acceptors (Lipinski definition) is 2. The van der Waals surface area contributed by atoms with E-state index in [1.54, 1.807) is 0 Å². The molecule has 1 aromatic carbocycles. The summed E-state index contributed by atoms with van der Waals surface area (Å²) in [6.07, 6.45) is 3.51. The fraction of sp³-hybridized carbons (Fsp3) is 0.417. The van der Waals surface area contributed by atoms with E-state index in [4.69, 9.17) is 15.6 Å². The first kappa shape index (κ1) is 13.7. The predicted molar refractivity (Wildman–Crippen MR) is 61.7 cm³/mol. The topological polar surface area (TPSA) is 63.3 Å². The molecule has 3 nitrogen and oxygen atoms in total. The lowest BCUT2D eigenvalue weighted by Gasteiger charge is -1.98. The van der Waals surface area contributed by atoms with Gasteiger partial charge in [0.2, 0.25) is 0 Å². The molecule has 3 heteroatoms. The van der Waals surface area contributed by atoms with Gasteiger partial charge in [-0.3, -0.25) is 4.79 Å². The van der Waals surface area contributed by atoms with Gasteiger partial charge in [-0.15, -0.1) is 0 Å². The third kappa shape index (κ3) is 10.6. The summed E-state index contributed by atoms with van der Waals surface area (Å²) in [7, 11) is 0. The molecule has 0 aliphatic carbocycles. The Hall–Kier alpha value is -1.35. The summed E-state index contributed by atoms with van der Waals surface area (Å²) in [4.78, 5) is 9.00. The van der Waals surface area contributed by atoms with Crippen LogP contribution in [-0.4, -0.2) is 17.6 Å². The maximum Gasteiger partial charge on any atom is 0.300 e. The van der Waals surface area contributed by atoms with Crippen molar-refractivity contribution in [1.29, 1.82) is 0 Å². The smallest absolute Gasteiger partial charge is 0.300 e. The van der Waals surface area contributed by atoms with Crippen LogP contribution in [0.3, 0.4) is 0 Å². The van der Waals surface area contributed by atoms with Gasteiger partial charge in [-0.1, -0.05) is 30.3 Å². The van der Waals surface area contributed by atoms with Crippen molar-refractivity contribution < 1.29 is 9.90 Å². The van der Waals surface area contributed by atoms with Gasteiger partial charge in [0, 0.05) is 6.92 Å². The Morgan fingerprint density at radius 1 is 1.27 bits per heavy atom. The molecular weight excluding hydrogens is 190 g/mol. The molecule has 1 rings (SSSR count). The van der Waals surface area contributed by atoms with Crippen molar-refractivity contribution in [3.63, 3.8) is 0 Å². The summed E-state index contributed by atoms with van der Waals surface area (Å²) in [5, 5.41) is 7.42. The fourth-order valence-corrected chi connectivity index (χ4v) is 1.12.